The van der Waals surface area contributed by atoms with E-state index in [2.05, 4.69) is 0 Å². The second-order valence-electron chi connectivity index (χ2n) is 3.34. The van der Waals surface area contributed by atoms with E-state index < -0.39 is 9.84 Å². The van der Waals surface area contributed by atoms with Crippen molar-refractivity contribution in [1.82, 2.24) is 0 Å². The van der Waals surface area contributed by atoms with Crippen molar-refractivity contribution in [2.45, 2.75) is 18.9 Å². The lowest BCUT2D eigenvalue weighted by Gasteiger charge is -2.25. The molecule has 0 amide bonds. The molecule has 5 heteroatoms. The molecule has 0 spiro atoms. The Hall–Kier alpha value is -0.130. The van der Waals surface area contributed by atoms with Gasteiger partial charge in [0.25, 0.3) is 0 Å². The van der Waals surface area contributed by atoms with Crippen molar-refractivity contribution >= 4 is 9.84 Å². The number of aliphatic hydroxyl groups is 1. The van der Waals surface area contributed by atoms with Gasteiger partial charge in [0.1, 0.15) is 9.84 Å². The van der Waals surface area contributed by atoms with Gasteiger partial charge < -0.3 is 10.8 Å². The summed E-state index contributed by atoms with van der Waals surface area (Å²) in [7, 11) is -2.79. The molecular formula is C7H15NO3S. The lowest BCUT2D eigenvalue weighted by atomic mass is 9.95. The topological polar surface area (TPSA) is 80.4 Å². The van der Waals surface area contributed by atoms with E-state index in [4.69, 9.17) is 10.8 Å². The molecule has 0 radical (unpaired) electrons. The summed E-state index contributed by atoms with van der Waals surface area (Å²) >= 11 is 0. The maximum absolute atomic E-state index is 11.0. The van der Waals surface area contributed by atoms with Crippen LogP contribution in [0, 0.1) is 5.92 Å². The van der Waals surface area contributed by atoms with Gasteiger partial charge in [-0.1, -0.05) is 0 Å². The number of nitrogens with two attached hydrogens (primary N) is 1. The maximum atomic E-state index is 11.0. The highest BCUT2D eigenvalue weighted by Crippen LogP contribution is 2.20. The molecule has 1 heterocycles. The first kappa shape index (κ1) is 9.95. The molecule has 0 aromatic heterocycles. The molecule has 4 nitrogen and oxygen atoms in total. The number of aliphatic hydroxyl groups excluding tert-OH is 1. The van der Waals surface area contributed by atoms with Gasteiger partial charge in [-0.2, -0.15) is 0 Å². The van der Waals surface area contributed by atoms with E-state index in [1.807, 2.05) is 0 Å². The van der Waals surface area contributed by atoms with Crippen LogP contribution < -0.4 is 5.73 Å². The summed E-state index contributed by atoms with van der Waals surface area (Å²) in [5.41, 5.74) is 5.59. The third-order valence-corrected chi connectivity index (χ3v) is 4.13. The van der Waals surface area contributed by atoms with Gasteiger partial charge in [-0.3, -0.25) is 0 Å². The highest BCUT2D eigenvalue weighted by atomic mass is 32.2. The fourth-order valence-corrected chi connectivity index (χ4v) is 3.01. The van der Waals surface area contributed by atoms with E-state index in [9.17, 15) is 8.42 Å². The van der Waals surface area contributed by atoms with Gasteiger partial charge in [-0.05, 0) is 18.8 Å². The molecule has 12 heavy (non-hydrogen) atoms. The van der Waals surface area contributed by atoms with Gasteiger partial charge >= 0.3 is 0 Å². The standard InChI is InChI=1S/C7H15NO3S/c8-7(5-9)6-1-3-12(10,11)4-2-6/h6-7,9H,1-5,8H2. The van der Waals surface area contributed by atoms with Crippen LogP contribution in [0.2, 0.25) is 0 Å². The highest BCUT2D eigenvalue weighted by Gasteiger charge is 2.26. The van der Waals surface area contributed by atoms with Crippen molar-refractivity contribution < 1.29 is 13.5 Å². The Balaban J connectivity index is 2.46. The van der Waals surface area contributed by atoms with Crippen LogP contribution >= 0.6 is 0 Å². The summed E-state index contributed by atoms with van der Waals surface area (Å²) in [4.78, 5) is 0. The summed E-state index contributed by atoms with van der Waals surface area (Å²) in [6.45, 7) is -0.0509. The van der Waals surface area contributed by atoms with Gasteiger partial charge in [-0.25, -0.2) is 8.42 Å². The summed E-state index contributed by atoms with van der Waals surface area (Å²) in [6.07, 6.45) is 1.20. The Morgan fingerprint density at radius 2 is 1.92 bits per heavy atom. The second-order valence-corrected chi connectivity index (χ2v) is 5.64. The van der Waals surface area contributed by atoms with Crippen LogP contribution in [0.1, 0.15) is 12.8 Å². The van der Waals surface area contributed by atoms with Gasteiger partial charge in [0.15, 0.2) is 0 Å². The van der Waals surface area contributed by atoms with E-state index in [0.29, 0.717) is 12.8 Å². The molecule has 72 valence electrons. The van der Waals surface area contributed by atoms with Gasteiger partial charge in [0, 0.05) is 6.04 Å². The Morgan fingerprint density at radius 1 is 1.42 bits per heavy atom. The van der Waals surface area contributed by atoms with Crippen molar-refractivity contribution in [1.29, 1.82) is 0 Å². The Kier molecular flexibility index (Phi) is 3.09. The fourth-order valence-electron chi connectivity index (χ4n) is 1.49. The van der Waals surface area contributed by atoms with Crippen LogP contribution in [-0.2, 0) is 9.84 Å². The third-order valence-electron chi connectivity index (χ3n) is 2.42. The molecule has 1 unspecified atom stereocenters. The van der Waals surface area contributed by atoms with E-state index in [1.54, 1.807) is 0 Å². The molecule has 1 fully saturated rings. The number of hydrogen-bond donors (Lipinski definition) is 2. The molecule has 3 N–H and O–H groups in total. The van der Waals surface area contributed by atoms with E-state index in [1.165, 1.54) is 0 Å². The molecule has 0 aromatic carbocycles. The van der Waals surface area contributed by atoms with Crippen molar-refractivity contribution in [3.8, 4) is 0 Å². The predicted octanol–water partition coefficient (Wildman–Crippen LogP) is -0.869. The summed E-state index contributed by atoms with van der Waals surface area (Å²) in [6, 6.07) is -0.250. The molecule has 1 aliphatic heterocycles. The van der Waals surface area contributed by atoms with Gasteiger partial charge in [0.2, 0.25) is 0 Å². The van der Waals surface area contributed by atoms with Crippen molar-refractivity contribution in [2.24, 2.45) is 11.7 Å². The maximum Gasteiger partial charge on any atom is 0.150 e. The summed E-state index contributed by atoms with van der Waals surface area (Å²) in [5, 5.41) is 8.74. The summed E-state index contributed by atoms with van der Waals surface area (Å²) in [5.74, 6) is 0.634. The first-order valence-corrected chi connectivity index (χ1v) is 5.94. The minimum absolute atomic E-state index is 0.0509. The largest absolute Gasteiger partial charge is 0.395 e. The fraction of sp³-hybridized carbons (Fsp3) is 1.00. The van der Waals surface area contributed by atoms with Crippen molar-refractivity contribution in [2.75, 3.05) is 18.1 Å². The average molecular weight is 193 g/mol. The molecule has 0 aliphatic carbocycles. The first-order valence-electron chi connectivity index (χ1n) is 4.12. The lowest BCUT2D eigenvalue weighted by molar-refractivity contribution is 0.218. The van der Waals surface area contributed by atoms with E-state index in [-0.39, 0.29) is 30.1 Å². The molecule has 1 atom stereocenters. The molecule has 1 aliphatic rings. The molecule has 0 aromatic rings. The average Bonchev–Trinajstić information content (AvgIpc) is 2.03. The van der Waals surface area contributed by atoms with E-state index >= 15 is 0 Å². The van der Waals surface area contributed by atoms with Crippen LogP contribution in [-0.4, -0.2) is 37.7 Å². The first-order chi connectivity index (χ1) is 5.55. The minimum atomic E-state index is -2.79. The minimum Gasteiger partial charge on any atom is -0.395 e. The zero-order valence-corrected chi connectivity index (χ0v) is 7.76. The van der Waals surface area contributed by atoms with Crippen LogP contribution in [0.25, 0.3) is 0 Å². The van der Waals surface area contributed by atoms with Crippen molar-refractivity contribution in [3.05, 3.63) is 0 Å². The number of hydrogen-bond acceptors (Lipinski definition) is 4. The van der Waals surface area contributed by atoms with Crippen LogP contribution in [0.5, 0.6) is 0 Å². The number of sulfone groups is 1. The second kappa shape index (κ2) is 3.72. The molecular weight excluding hydrogens is 178 g/mol. The van der Waals surface area contributed by atoms with E-state index in [0.717, 1.165) is 0 Å². The number of rotatable bonds is 2. The van der Waals surface area contributed by atoms with Crippen LogP contribution in [0.3, 0.4) is 0 Å². The van der Waals surface area contributed by atoms with Crippen molar-refractivity contribution in [3.63, 3.8) is 0 Å². The normalized spacial score (nSPS) is 26.8. The molecule has 1 rings (SSSR count). The Bertz CT molecular complexity index is 223. The highest BCUT2D eigenvalue weighted by molar-refractivity contribution is 7.91. The molecule has 0 bridgehead atoms. The smallest absolute Gasteiger partial charge is 0.150 e. The lowest BCUT2D eigenvalue weighted by Crippen LogP contribution is -2.38. The van der Waals surface area contributed by atoms with Gasteiger partial charge in [-0.15, -0.1) is 0 Å². The SMILES string of the molecule is NC(CO)C1CCS(=O)(=O)CC1. The van der Waals surface area contributed by atoms with Gasteiger partial charge in [0.05, 0.1) is 18.1 Å². The third kappa shape index (κ3) is 2.43. The summed E-state index contributed by atoms with van der Waals surface area (Å²) < 4.78 is 22.0. The molecule has 1 saturated heterocycles. The zero-order chi connectivity index (χ0) is 9.19. The zero-order valence-electron chi connectivity index (χ0n) is 6.94. The Morgan fingerprint density at radius 3 is 2.33 bits per heavy atom. The monoisotopic (exact) mass is 193 g/mol. The Labute approximate surface area is 72.7 Å². The van der Waals surface area contributed by atoms with Crippen LogP contribution in [0.4, 0.5) is 0 Å². The predicted molar refractivity (Wildman–Crippen MR) is 46.4 cm³/mol. The molecule has 0 saturated carbocycles. The van der Waals surface area contributed by atoms with Crippen LogP contribution in [0.15, 0.2) is 0 Å². The quantitative estimate of drug-likeness (QED) is 0.597.